The number of rotatable bonds is 5. The number of amides is 1. The molecule has 0 atom stereocenters. The summed E-state index contributed by atoms with van der Waals surface area (Å²) in [5.74, 6) is 0.696. The highest BCUT2D eigenvalue weighted by atomic mass is 35.5. The van der Waals surface area contributed by atoms with Crippen LogP contribution < -0.4 is 4.74 Å². The molecule has 0 spiro atoms. The minimum absolute atomic E-state index is 0.0391. The fourth-order valence-electron chi connectivity index (χ4n) is 2.21. The van der Waals surface area contributed by atoms with E-state index >= 15 is 0 Å². The lowest BCUT2D eigenvalue weighted by Gasteiger charge is -2.17. The second kappa shape index (κ2) is 6.83. The molecule has 118 valence electrons. The third-order valence-electron chi connectivity index (χ3n) is 3.58. The van der Waals surface area contributed by atoms with Crippen LogP contribution in [0.5, 0.6) is 5.75 Å². The molecule has 1 amide bonds. The van der Waals surface area contributed by atoms with Crippen LogP contribution in [0.1, 0.15) is 21.7 Å². The Kier molecular flexibility index (Phi) is 5.08. The Morgan fingerprint density at radius 1 is 1.32 bits per heavy atom. The lowest BCUT2D eigenvalue weighted by molar-refractivity contribution is 0.0772. The van der Waals surface area contributed by atoms with E-state index in [4.69, 9.17) is 16.3 Å². The third-order valence-corrected chi connectivity index (χ3v) is 3.83. The van der Waals surface area contributed by atoms with Crippen LogP contribution in [0.3, 0.4) is 0 Å². The molecule has 0 bridgehead atoms. The summed E-state index contributed by atoms with van der Waals surface area (Å²) in [6, 6.07) is 7.15. The minimum Gasteiger partial charge on any atom is -0.492 e. The van der Waals surface area contributed by atoms with Crippen molar-refractivity contribution in [1.82, 2.24) is 14.7 Å². The van der Waals surface area contributed by atoms with Crippen molar-refractivity contribution in [3.05, 3.63) is 46.2 Å². The number of aromatic nitrogens is 2. The molecule has 1 heterocycles. The predicted octanol–water partition coefficient (Wildman–Crippen LogP) is 2.84. The molecule has 0 aliphatic heterocycles. The van der Waals surface area contributed by atoms with E-state index in [1.165, 1.54) is 0 Å². The summed E-state index contributed by atoms with van der Waals surface area (Å²) in [6.45, 7) is 4.65. The number of benzene rings is 1. The highest BCUT2D eigenvalue weighted by Gasteiger charge is 2.20. The number of nitrogens with zero attached hydrogens (tertiary/aromatic N) is 3. The molecule has 22 heavy (non-hydrogen) atoms. The zero-order valence-corrected chi connectivity index (χ0v) is 14.0. The van der Waals surface area contributed by atoms with Gasteiger partial charge in [0.15, 0.2) is 0 Å². The van der Waals surface area contributed by atoms with Crippen molar-refractivity contribution in [2.75, 3.05) is 20.2 Å². The molecule has 2 rings (SSSR count). The summed E-state index contributed by atoms with van der Waals surface area (Å²) < 4.78 is 7.33. The van der Waals surface area contributed by atoms with Gasteiger partial charge in [0.2, 0.25) is 0 Å². The third kappa shape index (κ3) is 3.60. The molecule has 0 saturated heterocycles. The zero-order valence-electron chi connectivity index (χ0n) is 13.3. The fourth-order valence-corrected chi connectivity index (χ4v) is 2.33. The molecule has 2 aromatic rings. The van der Waals surface area contributed by atoms with Crippen LogP contribution in [-0.2, 0) is 7.05 Å². The second-order valence-corrected chi connectivity index (χ2v) is 5.63. The quantitative estimate of drug-likeness (QED) is 0.850. The van der Waals surface area contributed by atoms with Crippen LogP contribution in [0.4, 0.5) is 0 Å². The molecular formula is C16H20ClN3O2. The number of halogens is 1. The van der Waals surface area contributed by atoms with E-state index in [1.807, 2.05) is 20.9 Å². The summed E-state index contributed by atoms with van der Waals surface area (Å²) in [6.07, 6.45) is 0. The number of ether oxygens (including phenoxy) is 1. The van der Waals surface area contributed by atoms with Gasteiger partial charge in [-0.3, -0.25) is 9.48 Å². The summed E-state index contributed by atoms with van der Waals surface area (Å²) >= 11 is 5.82. The number of carbonyl (C=O) groups excluding carboxylic acids is 1. The maximum atomic E-state index is 12.5. The van der Waals surface area contributed by atoms with E-state index in [9.17, 15) is 4.79 Å². The Morgan fingerprint density at radius 3 is 2.50 bits per heavy atom. The van der Waals surface area contributed by atoms with Crippen molar-refractivity contribution in [2.24, 2.45) is 7.05 Å². The number of hydrogen-bond donors (Lipinski definition) is 0. The Bertz CT molecular complexity index is 665. The highest BCUT2D eigenvalue weighted by Crippen LogP contribution is 2.16. The van der Waals surface area contributed by atoms with Crippen molar-refractivity contribution in [3.63, 3.8) is 0 Å². The van der Waals surface area contributed by atoms with Crippen LogP contribution in [-0.4, -0.2) is 40.8 Å². The molecule has 0 radical (unpaired) electrons. The monoisotopic (exact) mass is 321 g/mol. The molecule has 0 unspecified atom stereocenters. The van der Waals surface area contributed by atoms with Crippen LogP contribution in [0.2, 0.25) is 5.02 Å². The summed E-state index contributed by atoms with van der Waals surface area (Å²) in [4.78, 5) is 14.1. The molecule has 0 saturated carbocycles. The van der Waals surface area contributed by atoms with Crippen molar-refractivity contribution < 1.29 is 9.53 Å². The van der Waals surface area contributed by atoms with E-state index in [1.54, 1.807) is 40.9 Å². The first-order valence-electron chi connectivity index (χ1n) is 7.04. The molecule has 1 aromatic heterocycles. The Balaban J connectivity index is 1.93. The SMILES string of the molecule is Cc1nn(C)c(C)c1C(=O)N(C)CCOc1ccc(Cl)cc1. The van der Waals surface area contributed by atoms with Gasteiger partial charge in [0.05, 0.1) is 17.8 Å². The Hall–Kier alpha value is -2.01. The van der Waals surface area contributed by atoms with Crippen LogP contribution in [0, 0.1) is 13.8 Å². The summed E-state index contributed by atoms with van der Waals surface area (Å²) in [5, 5.41) is 4.94. The molecule has 6 heteroatoms. The first kappa shape index (κ1) is 16.4. The zero-order chi connectivity index (χ0) is 16.3. The van der Waals surface area contributed by atoms with Gasteiger partial charge < -0.3 is 9.64 Å². The van der Waals surface area contributed by atoms with E-state index in [-0.39, 0.29) is 5.91 Å². The minimum atomic E-state index is -0.0391. The van der Waals surface area contributed by atoms with Gasteiger partial charge in [-0.2, -0.15) is 5.10 Å². The number of aryl methyl sites for hydroxylation is 2. The van der Waals surface area contributed by atoms with E-state index in [2.05, 4.69) is 5.10 Å². The van der Waals surface area contributed by atoms with Gasteiger partial charge in [0.1, 0.15) is 12.4 Å². The Labute approximate surface area is 135 Å². The highest BCUT2D eigenvalue weighted by molar-refractivity contribution is 6.30. The number of hydrogen-bond acceptors (Lipinski definition) is 3. The number of carbonyl (C=O) groups is 1. The molecule has 5 nitrogen and oxygen atoms in total. The Morgan fingerprint density at radius 2 is 1.95 bits per heavy atom. The average molecular weight is 322 g/mol. The van der Waals surface area contributed by atoms with Crippen molar-refractivity contribution in [3.8, 4) is 5.75 Å². The van der Waals surface area contributed by atoms with Gasteiger partial charge in [-0.15, -0.1) is 0 Å². The normalized spacial score (nSPS) is 10.6. The van der Waals surface area contributed by atoms with Gasteiger partial charge in [-0.25, -0.2) is 0 Å². The maximum absolute atomic E-state index is 12.5. The first-order valence-corrected chi connectivity index (χ1v) is 7.42. The summed E-state index contributed by atoms with van der Waals surface area (Å²) in [5.41, 5.74) is 2.28. The van der Waals surface area contributed by atoms with E-state index < -0.39 is 0 Å². The van der Waals surface area contributed by atoms with Crippen molar-refractivity contribution >= 4 is 17.5 Å². The van der Waals surface area contributed by atoms with Crippen molar-refractivity contribution in [1.29, 1.82) is 0 Å². The van der Waals surface area contributed by atoms with Crippen molar-refractivity contribution in [2.45, 2.75) is 13.8 Å². The topological polar surface area (TPSA) is 47.4 Å². The van der Waals surface area contributed by atoms with E-state index in [0.717, 1.165) is 17.1 Å². The standard InChI is InChI=1S/C16H20ClN3O2/c1-11-15(12(2)20(4)18-11)16(21)19(3)9-10-22-14-7-5-13(17)6-8-14/h5-8H,9-10H2,1-4H3. The lowest BCUT2D eigenvalue weighted by atomic mass is 10.2. The van der Waals surface area contributed by atoms with Crippen LogP contribution in [0.15, 0.2) is 24.3 Å². The van der Waals surface area contributed by atoms with E-state index in [0.29, 0.717) is 23.7 Å². The maximum Gasteiger partial charge on any atom is 0.257 e. The number of likely N-dealkylation sites (N-methyl/N-ethyl adjacent to an activating group) is 1. The average Bonchev–Trinajstić information content (AvgIpc) is 2.73. The largest absolute Gasteiger partial charge is 0.492 e. The molecular weight excluding hydrogens is 302 g/mol. The summed E-state index contributed by atoms with van der Waals surface area (Å²) in [7, 11) is 3.60. The van der Waals surface area contributed by atoms with Gasteiger partial charge in [0, 0.05) is 24.8 Å². The fraction of sp³-hybridized carbons (Fsp3) is 0.375. The first-order chi connectivity index (χ1) is 10.4. The molecule has 0 fully saturated rings. The molecule has 0 N–H and O–H groups in total. The predicted molar refractivity (Wildman–Crippen MR) is 86.6 cm³/mol. The molecule has 0 aliphatic rings. The smallest absolute Gasteiger partial charge is 0.257 e. The van der Waals surface area contributed by atoms with Gasteiger partial charge in [-0.1, -0.05) is 11.6 Å². The molecule has 0 aliphatic carbocycles. The second-order valence-electron chi connectivity index (χ2n) is 5.20. The van der Waals surface area contributed by atoms with Gasteiger partial charge in [0.25, 0.3) is 5.91 Å². The van der Waals surface area contributed by atoms with Crippen LogP contribution >= 0.6 is 11.6 Å². The van der Waals surface area contributed by atoms with Gasteiger partial charge in [-0.05, 0) is 38.1 Å². The van der Waals surface area contributed by atoms with Crippen LogP contribution in [0.25, 0.3) is 0 Å². The molecule has 1 aromatic carbocycles. The van der Waals surface area contributed by atoms with Gasteiger partial charge >= 0.3 is 0 Å². The lowest BCUT2D eigenvalue weighted by Crippen LogP contribution is -2.31.